The van der Waals surface area contributed by atoms with Crippen LogP contribution in [0.3, 0.4) is 0 Å². The standard InChI is InChI=1S/C22H25N5O3/c23-11-3-7-16-6-2-8-18(25-16)24-12-14-4-1-5-15-13-27(22(30)20(14)15)17-9-10-19(28)26-21(17)29/h1-2,4-6,8,17H,3,7,9-13,23H2,(H,24,25)(H,26,28,29). The number of nitrogens with one attached hydrogen (secondary N) is 2. The predicted octanol–water partition coefficient (Wildman–Crippen LogP) is 1.35. The fourth-order valence-electron chi connectivity index (χ4n) is 4.02. The first-order chi connectivity index (χ1) is 14.6. The third kappa shape index (κ3) is 4.04. The van der Waals surface area contributed by atoms with Crippen LogP contribution in [0.5, 0.6) is 0 Å². The molecule has 0 bridgehead atoms. The van der Waals surface area contributed by atoms with Crippen LogP contribution in [-0.2, 0) is 29.1 Å². The van der Waals surface area contributed by atoms with Crippen LogP contribution in [0.2, 0.25) is 0 Å². The van der Waals surface area contributed by atoms with Crippen molar-refractivity contribution in [3.8, 4) is 0 Å². The van der Waals surface area contributed by atoms with Crippen LogP contribution >= 0.6 is 0 Å². The van der Waals surface area contributed by atoms with Crippen molar-refractivity contribution in [2.24, 2.45) is 5.73 Å². The fraction of sp³-hybridized carbons (Fsp3) is 0.364. The van der Waals surface area contributed by atoms with Crippen molar-refractivity contribution >= 4 is 23.5 Å². The maximum absolute atomic E-state index is 13.1. The summed E-state index contributed by atoms with van der Waals surface area (Å²) < 4.78 is 0. The van der Waals surface area contributed by atoms with Gasteiger partial charge in [-0.25, -0.2) is 4.98 Å². The Morgan fingerprint density at radius 2 is 2.00 bits per heavy atom. The molecule has 8 heteroatoms. The molecule has 2 aliphatic heterocycles. The lowest BCUT2D eigenvalue weighted by Gasteiger charge is -2.29. The third-order valence-electron chi connectivity index (χ3n) is 5.54. The smallest absolute Gasteiger partial charge is 0.255 e. The van der Waals surface area contributed by atoms with Gasteiger partial charge in [-0.05, 0) is 49.1 Å². The lowest BCUT2D eigenvalue weighted by Crippen LogP contribution is -2.52. The van der Waals surface area contributed by atoms with Gasteiger partial charge in [-0.15, -0.1) is 0 Å². The van der Waals surface area contributed by atoms with Gasteiger partial charge in [-0.1, -0.05) is 24.3 Å². The molecular weight excluding hydrogens is 382 g/mol. The van der Waals surface area contributed by atoms with Crippen molar-refractivity contribution in [2.75, 3.05) is 11.9 Å². The van der Waals surface area contributed by atoms with Crippen molar-refractivity contribution in [2.45, 2.75) is 44.8 Å². The molecule has 3 heterocycles. The van der Waals surface area contributed by atoms with Gasteiger partial charge in [0.2, 0.25) is 11.8 Å². The molecule has 0 aliphatic carbocycles. The lowest BCUT2D eigenvalue weighted by atomic mass is 10.0. The highest BCUT2D eigenvalue weighted by molar-refractivity contribution is 6.06. The van der Waals surface area contributed by atoms with Crippen LogP contribution in [0.25, 0.3) is 0 Å². The zero-order valence-electron chi connectivity index (χ0n) is 16.7. The third-order valence-corrected chi connectivity index (χ3v) is 5.54. The second-order valence-corrected chi connectivity index (χ2v) is 7.61. The second kappa shape index (κ2) is 8.62. The molecule has 1 fully saturated rings. The molecule has 156 valence electrons. The van der Waals surface area contributed by atoms with Crippen LogP contribution in [0.15, 0.2) is 36.4 Å². The van der Waals surface area contributed by atoms with Gasteiger partial charge >= 0.3 is 0 Å². The molecule has 1 atom stereocenters. The van der Waals surface area contributed by atoms with Gasteiger partial charge in [0.15, 0.2) is 0 Å². The zero-order valence-corrected chi connectivity index (χ0v) is 16.7. The normalized spacial score (nSPS) is 18.4. The second-order valence-electron chi connectivity index (χ2n) is 7.61. The Hall–Kier alpha value is -3.26. The van der Waals surface area contributed by atoms with E-state index in [9.17, 15) is 14.4 Å². The number of hydrogen-bond acceptors (Lipinski definition) is 6. The number of anilines is 1. The van der Waals surface area contributed by atoms with Gasteiger partial charge in [-0.2, -0.15) is 0 Å². The first-order valence-corrected chi connectivity index (χ1v) is 10.2. The molecule has 1 saturated heterocycles. The van der Waals surface area contributed by atoms with Crippen molar-refractivity contribution < 1.29 is 14.4 Å². The van der Waals surface area contributed by atoms with E-state index in [0.29, 0.717) is 31.6 Å². The number of carbonyl (C=O) groups excluding carboxylic acids is 3. The minimum Gasteiger partial charge on any atom is -0.366 e. The fourth-order valence-corrected chi connectivity index (χ4v) is 4.02. The van der Waals surface area contributed by atoms with Crippen molar-refractivity contribution in [3.05, 3.63) is 58.8 Å². The molecule has 1 unspecified atom stereocenters. The van der Waals surface area contributed by atoms with E-state index in [4.69, 9.17) is 5.73 Å². The Balaban J connectivity index is 1.48. The number of carbonyl (C=O) groups is 3. The summed E-state index contributed by atoms with van der Waals surface area (Å²) in [7, 11) is 0. The Morgan fingerprint density at radius 1 is 1.17 bits per heavy atom. The average Bonchev–Trinajstić information content (AvgIpc) is 3.08. The largest absolute Gasteiger partial charge is 0.366 e. The number of fused-ring (bicyclic) bond motifs is 1. The number of nitrogens with two attached hydrogens (primary N) is 1. The van der Waals surface area contributed by atoms with Gasteiger partial charge in [0, 0.05) is 30.8 Å². The predicted molar refractivity (Wildman–Crippen MR) is 111 cm³/mol. The number of hydrogen-bond donors (Lipinski definition) is 3. The average molecular weight is 407 g/mol. The van der Waals surface area contributed by atoms with Gasteiger partial charge in [0.1, 0.15) is 11.9 Å². The van der Waals surface area contributed by atoms with Crippen LogP contribution in [0, 0.1) is 0 Å². The van der Waals surface area contributed by atoms with E-state index >= 15 is 0 Å². The first-order valence-electron chi connectivity index (χ1n) is 10.2. The number of aryl methyl sites for hydroxylation is 1. The molecule has 8 nitrogen and oxygen atoms in total. The molecule has 0 spiro atoms. The van der Waals surface area contributed by atoms with Crippen LogP contribution in [-0.4, -0.2) is 40.2 Å². The summed E-state index contributed by atoms with van der Waals surface area (Å²) >= 11 is 0. The quantitative estimate of drug-likeness (QED) is 0.597. The number of nitrogens with zero attached hydrogens (tertiary/aromatic N) is 2. The van der Waals surface area contributed by atoms with Crippen LogP contribution in [0.4, 0.5) is 5.82 Å². The number of amides is 3. The molecule has 2 aliphatic rings. The molecule has 0 radical (unpaired) electrons. The Labute approximate surface area is 174 Å². The number of benzene rings is 1. The van der Waals surface area contributed by atoms with Gasteiger partial charge < -0.3 is 16.0 Å². The molecule has 30 heavy (non-hydrogen) atoms. The number of aromatic nitrogens is 1. The number of imide groups is 1. The monoisotopic (exact) mass is 407 g/mol. The summed E-state index contributed by atoms with van der Waals surface area (Å²) in [6.07, 6.45) is 2.31. The first kappa shape index (κ1) is 20.0. The Morgan fingerprint density at radius 3 is 2.80 bits per heavy atom. The van der Waals surface area contributed by atoms with Crippen molar-refractivity contribution in [1.29, 1.82) is 0 Å². The molecule has 4 N–H and O–H groups in total. The number of piperidine rings is 1. The van der Waals surface area contributed by atoms with Gasteiger partial charge in [0.25, 0.3) is 5.91 Å². The van der Waals surface area contributed by atoms with Crippen molar-refractivity contribution in [3.63, 3.8) is 0 Å². The van der Waals surface area contributed by atoms with Crippen LogP contribution < -0.4 is 16.4 Å². The molecule has 2 aromatic rings. The molecular formula is C22H25N5O3. The summed E-state index contributed by atoms with van der Waals surface area (Å²) in [5, 5.41) is 5.63. The number of rotatable bonds is 7. The maximum Gasteiger partial charge on any atom is 0.255 e. The van der Waals surface area contributed by atoms with E-state index in [1.165, 1.54) is 0 Å². The zero-order chi connectivity index (χ0) is 21.1. The van der Waals surface area contributed by atoms with E-state index in [-0.39, 0.29) is 18.2 Å². The summed E-state index contributed by atoms with van der Waals surface area (Å²) in [6, 6.07) is 11.0. The molecule has 3 amide bonds. The summed E-state index contributed by atoms with van der Waals surface area (Å²) in [4.78, 5) is 43.0. The van der Waals surface area contributed by atoms with Crippen LogP contribution in [0.1, 0.15) is 46.4 Å². The maximum atomic E-state index is 13.1. The summed E-state index contributed by atoms with van der Waals surface area (Å²) in [5.74, 6) is -0.104. The SMILES string of the molecule is NCCCc1cccc(NCc2cccc3c2C(=O)N(C2CCC(=O)NC2=O)C3)n1. The highest BCUT2D eigenvalue weighted by atomic mass is 16.2. The topological polar surface area (TPSA) is 117 Å². The lowest BCUT2D eigenvalue weighted by molar-refractivity contribution is -0.136. The Kier molecular flexibility index (Phi) is 5.76. The molecule has 4 rings (SSSR count). The molecule has 1 aromatic heterocycles. The minimum atomic E-state index is -0.607. The van der Waals surface area contributed by atoms with Gasteiger partial charge in [-0.3, -0.25) is 19.7 Å². The number of pyridine rings is 1. The Bertz CT molecular complexity index is 990. The van der Waals surface area contributed by atoms with Crippen molar-refractivity contribution in [1.82, 2.24) is 15.2 Å². The van der Waals surface area contributed by atoms with E-state index < -0.39 is 11.9 Å². The van der Waals surface area contributed by atoms with Gasteiger partial charge in [0.05, 0.1) is 0 Å². The minimum absolute atomic E-state index is 0.165. The summed E-state index contributed by atoms with van der Waals surface area (Å²) in [5.41, 5.74) is 8.94. The highest BCUT2D eigenvalue weighted by Crippen LogP contribution is 2.30. The van der Waals surface area contributed by atoms with E-state index in [2.05, 4.69) is 15.6 Å². The summed E-state index contributed by atoms with van der Waals surface area (Å²) in [6.45, 7) is 1.45. The van der Waals surface area contributed by atoms with E-state index in [1.807, 2.05) is 36.4 Å². The highest BCUT2D eigenvalue weighted by Gasteiger charge is 2.39. The van der Waals surface area contributed by atoms with E-state index in [0.717, 1.165) is 35.5 Å². The molecule has 1 aromatic carbocycles. The van der Waals surface area contributed by atoms with E-state index in [1.54, 1.807) is 4.90 Å². The molecule has 0 saturated carbocycles.